The molecule has 45 heavy (non-hydrogen) atoms. The van der Waals surface area contributed by atoms with Crippen LogP contribution < -0.4 is 9.62 Å². The molecule has 0 aliphatic heterocycles. The van der Waals surface area contributed by atoms with Gasteiger partial charge in [-0.05, 0) is 73.0 Å². The number of hydrogen-bond acceptors (Lipinski definition) is 4. The number of amides is 2. The van der Waals surface area contributed by atoms with Crippen LogP contribution in [0.1, 0.15) is 31.4 Å². The van der Waals surface area contributed by atoms with Crippen LogP contribution in [0, 0.1) is 0 Å². The van der Waals surface area contributed by atoms with Crippen LogP contribution in [0.4, 0.5) is 5.69 Å². The summed E-state index contributed by atoms with van der Waals surface area (Å²) in [7, 11) is -4.20. The minimum absolute atomic E-state index is 0.0131. The van der Waals surface area contributed by atoms with Gasteiger partial charge in [-0.2, -0.15) is 0 Å². The second-order valence-electron chi connectivity index (χ2n) is 10.6. The van der Waals surface area contributed by atoms with Crippen molar-refractivity contribution in [2.75, 3.05) is 10.8 Å². The summed E-state index contributed by atoms with van der Waals surface area (Å²) in [5, 5.41) is 4.06. The zero-order valence-electron chi connectivity index (χ0n) is 24.9. The van der Waals surface area contributed by atoms with E-state index in [1.165, 1.54) is 29.2 Å². The van der Waals surface area contributed by atoms with Crippen molar-refractivity contribution < 1.29 is 18.0 Å². The molecule has 1 N–H and O–H groups in total. The van der Waals surface area contributed by atoms with Gasteiger partial charge >= 0.3 is 0 Å². The van der Waals surface area contributed by atoms with E-state index in [9.17, 15) is 18.0 Å². The summed E-state index contributed by atoms with van der Waals surface area (Å²) in [4.78, 5) is 29.8. The molecule has 236 valence electrons. The molecule has 4 rings (SSSR count). The number of anilines is 1. The lowest BCUT2D eigenvalue weighted by atomic mass is 10.0. The maximum Gasteiger partial charge on any atom is 0.264 e. The van der Waals surface area contributed by atoms with Crippen molar-refractivity contribution in [1.29, 1.82) is 0 Å². The molecule has 0 unspecified atom stereocenters. The van der Waals surface area contributed by atoms with E-state index in [4.69, 9.17) is 34.8 Å². The molecular formula is C34H34Cl3N3O4S. The van der Waals surface area contributed by atoms with E-state index in [0.717, 1.165) is 9.87 Å². The van der Waals surface area contributed by atoms with Crippen LogP contribution in [0.5, 0.6) is 0 Å². The number of nitrogens with zero attached hydrogens (tertiary/aromatic N) is 2. The summed E-state index contributed by atoms with van der Waals surface area (Å²) in [6, 6.07) is 27.2. The lowest BCUT2D eigenvalue weighted by Crippen LogP contribution is -2.54. The first-order valence-electron chi connectivity index (χ1n) is 14.4. The molecule has 0 spiro atoms. The van der Waals surface area contributed by atoms with Gasteiger partial charge in [0.15, 0.2) is 0 Å². The molecule has 4 aromatic carbocycles. The Balaban J connectivity index is 1.81. The molecule has 0 aromatic heterocycles. The van der Waals surface area contributed by atoms with E-state index >= 15 is 0 Å². The minimum atomic E-state index is -4.20. The predicted octanol–water partition coefficient (Wildman–Crippen LogP) is 7.40. The van der Waals surface area contributed by atoms with Crippen LogP contribution in [-0.2, 0) is 32.6 Å². The largest absolute Gasteiger partial charge is 0.352 e. The summed E-state index contributed by atoms with van der Waals surface area (Å²) in [6.45, 7) is 3.23. The zero-order valence-corrected chi connectivity index (χ0v) is 28.0. The van der Waals surface area contributed by atoms with Crippen molar-refractivity contribution in [2.45, 2.75) is 50.2 Å². The third-order valence-electron chi connectivity index (χ3n) is 7.33. The van der Waals surface area contributed by atoms with Crippen LogP contribution in [0.25, 0.3) is 0 Å². The topological polar surface area (TPSA) is 86.8 Å². The lowest BCUT2D eigenvalue weighted by molar-refractivity contribution is -0.140. The highest BCUT2D eigenvalue weighted by Gasteiger charge is 2.35. The Kier molecular flexibility index (Phi) is 11.9. The lowest BCUT2D eigenvalue weighted by Gasteiger charge is -2.34. The van der Waals surface area contributed by atoms with E-state index in [-0.39, 0.29) is 35.5 Å². The van der Waals surface area contributed by atoms with Crippen LogP contribution in [-0.4, -0.2) is 43.8 Å². The first-order chi connectivity index (χ1) is 21.5. The van der Waals surface area contributed by atoms with Gasteiger partial charge in [0.1, 0.15) is 12.6 Å². The van der Waals surface area contributed by atoms with E-state index in [1.54, 1.807) is 48.5 Å². The Hall–Kier alpha value is -3.56. The van der Waals surface area contributed by atoms with E-state index in [0.29, 0.717) is 27.1 Å². The molecule has 0 fully saturated rings. The van der Waals surface area contributed by atoms with Gasteiger partial charge in [-0.25, -0.2) is 8.42 Å². The van der Waals surface area contributed by atoms with Gasteiger partial charge in [0.25, 0.3) is 10.0 Å². The van der Waals surface area contributed by atoms with Gasteiger partial charge in [-0.1, -0.05) is 96.3 Å². The van der Waals surface area contributed by atoms with Gasteiger partial charge in [0.05, 0.1) is 20.6 Å². The summed E-state index contributed by atoms with van der Waals surface area (Å²) < 4.78 is 29.0. The number of hydrogen-bond donors (Lipinski definition) is 1. The SMILES string of the molecule is CC[C@H](C)NC(=O)[C@@H](Cc1ccccc1)N(Cc1ccc(Cl)c(Cl)c1)C(=O)CN(c1ccc(Cl)cc1)S(=O)(=O)c1ccccc1. The van der Waals surface area contributed by atoms with Crippen LogP contribution in [0.3, 0.4) is 0 Å². The first kappa shape index (κ1) is 34.3. The molecule has 0 saturated heterocycles. The predicted molar refractivity (Wildman–Crippen MR) is 181 cm³/mol. The first-order valence-corrected chi connectivity index (χ1v) is 17.0. The maximum atomic E-state index is 14.5. The third kappa shape index (κ3) is 9.01. The van der Waals surface area contributed by atoms with Gasteiger partial charge in [0.2, 0.25) is 11.8 Å². The minimum Gasteiger partial charge on any atom is -0.352 e. The quantitative estimate of drug-likeness (QED) is 0.159. The second-order valence-corrected chi connectivity index (χ2v) is 13.7. The van der Waals surface area contributed by atoms with Gasteiger partial charge in [-0.15, -0.1) is 0 Å². The van der Waals surface area contributed by atoms with Crippen molar-refractivity contribution in [1.82, 2.24) is 10.2 Å². The van der Waals surface area contributed by atoms with Gasteiger partial charge < -0.3 is 10.2 Å². The van der Waals surface area contributed by atoms with Crippen molar-refractivity contribution in [3.63, 3.8) is 0 Å². The summed E-state index contributed by atoms with van der Waals surface area (Å²) in [5.41, 5.74) is 1.70. The van der Waals surface area contributed by atoms with Crippen LogP contribution in [0.15, 0.2) is 108 Å². The number of rotatable bonds is 13. The Morgan fingerprint density at radius 2 is 1.42 bits per heavy atom. The molecule has 0 saturated carbocycles. The summed E-state index contributed by atoms with van der Waals surface area (Å²) in [5.74, 6) is -0.943. The maximum absolute atomic E-state index is 14.5. The van der Waals surface area contributed by atoms with Crippen LogP contribution in [0.2, 0.25) is 15.1 Å². The molecule has 0 bridgehead atoms. The van der Waals surface area contributed by atoms with E-state index < -0.39 is 28.5 Å². The number of carbonyl (C=O) groups is 2. The number of benzene rings is 4. The smallest absolute Gasteiger partial charge is 0.264 e. The molecule has 4 aromatic rings. The molecule has 11 heteroatoms. The molecule has 2 amide bonds. The number of halogens is 3. The average molecular weight is 687 g/mol. The van der Waals surface area contributed by atoms with Crippen molar-refractivity contribution in [2.24, 2.45) is 0 Å². The normalized spacial score (nSPS) is 12.6. The molecule has 0 heterocycles. The Morgan fingerprint density at radius 3 is 2.02 bits per heavy atom. The number of sulfonamides is 1. The fourth-order valence-electron chi connectivity index (χ4n) is 4.69. The highest BCUT2D eigenvalue weighted by molar-refractivity contribution is 7.92. The van der Waals surface area contributed by atoms with Gasteiger partial charge in [0, 0.05) is 24.0 Å². The second kappa shape index (κ2) is 15.6. The monoisotopic (exact) mass is 685 g/mol. The fourth-order valence-corrected chi connectivity index (χ4v) is 6.57. The Morgan fingerprint density at radius 1 is 0.800 bits per heavy atom. The molecule has 0 radical (unpaired) electrons. The molecule has 0 aliphatic carbocycles. The zero-order chi connectivity index (χ0) is 32.6. The van der Waals surface area contributed by atoms with Crippen LogP contribution >= 0.6 is 34.8 Å². The highest BCUT2D eigenvalue weighted by atomic mass is 35.5. The summed E-state index contributed by atoms with van der Waals surface area (Å²) >= 11 is 18.6. The molecular weight excluding hydrogens is 653 g/mol. The molecule has 2 atom stereocenters. The standard InChI is InChI=1S/C34H34Cl3N3O4S/c1-3-24(2)38-34(42)32(21-25-10-6-4-7-11-25)39(22-26-14-19-30(36)31(37)20-26)33(41)23-40(28-17-15-27(35)16-18-28)45(43,44)29-12-8-5-9-13-29/h4-20,24,32H,3,21-23H2,1-2H3,(H,38,42)/t24-,32+/m0/s1. The number of carbonyl (C=O) groups excluding carboxylic acids is 2. The fraction of sp³-hybridized carbons (Fsp3) is 0.235. The van der Waals surface area contributed by atoms with E-state index in [2.05, 4.69) is 5.32 Å². The average Bonchev–Trinajstić information content (AvgIpc) is 3.04. The van der Waals surface area contributed by atoms with E-state index in [1.807, 2.05) is 44.2 Å². The Labute approximate surface area is 279 Å². The molecule has 0 aliphatic rings. The number of nitrogens with one attached hydrogen (secondary N) is 1. The molecule has 7 nitrogen and oxygen atoms in total. The van der Waals surface area contributed by atoms with Crippen molar-refractivity contribution in [3.05, 3.63) is 129 Å². The highest BCUT2D eigenvalue weighted by Crippen LogP contribution is 2.28. The third-order valence-corrected chi connectivity index (χ3v) is 10.1. The summed E-state index contributed by atoms with van der Waals surface area (Å²) in [6.07, 6.45) is 0.882. The Bertz CT molecular complexity index is 1710. The van der Waals surface area contributed by atoms with Gasteiger partial charge in [-0.3, -0.25) is 13.9 Å². The van der Waals surface area contributed by atoms with Crippen molar-refractivity contribution in [3.8, 4) is 0 Å². The van der Waals surface area contributed by atoms with Crippen molar-refractivity contribution >= 4 is 62.3 Å².